The van der Waals surface area contributed by atoms with E-state index in [4.69, 9.17) is 23.2 Å². The number of amides is 4. The molecule has 122 valence electrons. The first kappa shape index (κ1) is 16.1. The summed E-state index contributed by atoms with van der Waals surface area (Å²) in [5.74, 6) is -0.843. The molecule has 6 nitrogen and oxygen atoms in total. The summed E-state index contributed by atoms with van der Waals surface area (Å²) in [6, 6.07) is 2.39. The van der Waals surface area contributed by atoms with Gasteiger partial charge in [-0.3, -0.25) is 14.9 Å². The standard InChI is InChI=1S/C15H15Cl2N3O3/c1-7(2-12-13(21)19-15(23)18-12)14(22)20-5-8-3-10(16)11(17)4-9(8)6-20/h3-4,7,12H,2,5-6H2,1H3,(H2,18,19,21,23). The van der Waals surface area contributed by atoms with Crippen LogP contribution < -0.4 is 10.6 Å². The van der Waals surface area contributed by atoms with Crippen LogP contribution in [-0.4, -0.2) is 28.8 Å². The van der Waals surface area contributed by atoms with Crippen LogP contribution >= 0.6 is 23.2 Å². The van der Waals surface area contributed by atoms with E-state index in [1.807, 2.05) is 0 Å². The topological polar surface area (TPSA) is 78.5 Å². The van der Waals surface area contributed by atoms with Gasteiger partial charge in [-0.05, 0) is 29.7 Å². The summed E-state index contributed by atoms with van der Waals surface area (Å²) >= 11 is 12.0. The minimum absolute atomic E-state index is 0.0672. The van der Waals surface area contributed by atoms with E-state index in [1.165, 1.54) is 0 Å². The molecule has 2 aliphatic rings. The van der Waals surface area contributed by atoms with Crippen molar-refractivity contribution >= 4 is 41.0 Å². The quantitative estimate of drug-likeness (QED) is 0.814. The summed E-state index contributed by atoms with van der Waals surface area (Å²) < 4.78 is 0. The highest BCUT2D eigenvalue weighted by atomic mass is 35.5. The lowest BCUT2D eigenvalue weighted by atomic mass is 10.0. The third kappa shape index (κ3) is 3.14. The van der Waals surface area contributed by atoms with Crippen LogP contribution in [0.2, 0.25) is 10.0 Å². The smallest absolute Gasteiger partial charge is 0.322 e. The van der Waals surface area contributed by atoms with Crippen molar-refractivity contribution in [2.75, 3.05) is 0 Å². The third-order valence-electron chi connectivity index (χ3n) is 4.15. The van der Waals surface area contributed by atoms with Crippen LogP contribution in [0.5, 0.6) is 0 Å². The summed E-state index contributed by atoms with van der Waals surface area (Å²) in [4.78, 5) is 37.0. The molecule has 0 aliphatic carbocycles. The van der Waals surface area contributed by atoms with E-state index in [1.54, 1.807) is 24.0 Å². The van der Waals surface area contributed by atoms with E-state index < -0.39 is 18.0 Å². The number of rotatable bonds is 3. The van der Waals surface area contributed by atoms with E-state index in [0.29, 0.717) is 23.1 Å². The summed E-state index contributed by atoms with van der Waals surface area (Å²) in [5.41, 5.74) is 1.96. The van der Waals surface area contributed by atoms with E-state index >= 15 is 0 Å². The molecule has 2 aliphatic heterocycles. The van der Waals surface area contributed by atoms with Gasteiger partial charge in [-0.25, -0.2) is 4.79 Å². The summed E-state index contributed by atoms with van der Waals surface area (Å²) in [6.07, 6.45) is 0.269. The average Bonchev–Trinajstić information content (AvgIpc) is 3.02. The monoisotopic (exact) mass is 355 g/mol. The third-order valence-corrected chi connectivity index (χ3v) is 4.87. The molecule has 1 fully saturated rings. The van der Waals surface area contributed by atoms with Crippen LogP contribution in [-0.2, 0) is 22.7 Å². The van der Waals surface area contributed by atoms with Gasteiger partial charge in [0.2, 0.25) is 5.91 Å². The van der Waals surface area contributed by atoms with Crippen molar-refractivity contribution < 1.29 is 14.4 Å². The van der Waals surface area contributed by atoms with Crippen molar-refractivity contribution in [3.63, 3.8) is 0 Å². The van der Waals surface area contributed by atoms with Crippen LogP contribution in [0.3, 0.4) is 0 Å². The second-order valence-corrected chi connectivity index (χ2v) is 6.70. The van der Waals surface area contributed by atoms with Crippen LogP contribution in [0.4, 0.5) is 4.79 Å². The summed E-state index contributed by atoms with van der Waals surface area (Å²) in [5, 5.41) is 5.61. The molecular weight excluding hydrogens is 341 g/mol. The molecule has 0 spiro atoms. The lowest BCUT2D eigenvalue weighted by Gasteiger charge is -2.21. The Balaban J connectivity index is 1.65. The first-order chi connectivity index (χ1) is 10.8. The van der Waals surface area contributed by atoms with E-state index in [-0.39, 0.29) is 18.2 Å². The highest BCUT2D eigenvalue weighted by molar-refractivity contribution is 6.42. The normalized spacial score (nSPS) is 21.0. The molecule has 2 heterocycles. The van der Waals surface area contributed by atoms with Crippen molar-refractivity contribution in [1.82, 2.24) is 15.5 Å². The Kier molecular flexibility index (Phi) is 4.21. The molecule has 0 saturated carbocycles. The maximum atomic E-state index is 12.6. The fourth-order valence-electron chi connectivity index (χ4n) is 2.94. The van der Waals surface area contributed by atoms with Crippen LogP contribution in [0.15, 0.2) is 12.1 Å². The number of fused-ring (bicyclic) bond motifs is 1. The predicted octanol–water partition coefficient (Wildman–Crippen LogP) is 2.07. The zero-order valence-corrected chi connectivity index (χ0v) is 13.9. The van der Waals surface area contributed by atoms with Gasteiger partial charge in [0.1, 0.15) is 6.04 Å². The molecule has 1 saturated heterocycles. The van der Waals surface area contributed by atoms with Gasteiger partial charge in [0, 0.05) is 19.0 Å². The Hall–Kier alpha value is -1.79. The Morgan fingerprint density at radius 3 is 2.30 bits per heavy atom. The first-order valence-corrected chi connectivity index (χ1v) is 7.97. The number of carbonyl (C=O) groups excluding carboxylic acids is 3. The lowest BCUT2D eigenvalue weighted by Crippen LogP contribution is -2.37. The molecule has 1 aromatic rings. The van der Waals surface area contributed by atoms with Crippen molar-refractivity contribution in [3.8, 4) is 0 Å². The molecule has 2 atom stereocenters. The average molecular weight is 356 g/mol. The number of urea groups is 1. The van der Waals surface area contributed by atoms with E-state index in [2.05, 4.69) is 10.6 Å². The van der Waals surface area contributed by atoms with Gasteiger partial charge in [0.05, 0.1) is 10.0 Å². The van der Waals surface area contributed by atoms with Gasteiger partial charge >= 0.3 is 6.03 Å². The number of hydrogen-bond donors (Lipinski definition) is 2. The Bertz CT molecular complexity index is 676. The van der Waals surface area contributed by atoms with E-state index in [9.17, 15) is 14.4 Å². The van der Waals surface area contributed by atoms with E-state index in [0.717, 1.165) is 11.1 Å². The molecule has 4 amide bonds. The number of benzene rings is 1. The maximum Gasteiger partial charge on any atom is 0.322 e. The van der Waals surface area contributed by atoms with Crippen molar-refractivity contribution in [2.45, 2.75) is 32.5 Å². The molecule has 0 bridgehead atoms. The zero-order valence-electron chi connectivity index (χ0n) is 12.4. The van der Waals surface area contributed by atoms with Gasteiger partial charge in [-0.15, -0.1) is 0 Å². The molecule has 2 unspecified atom stereocenters. The van der Waals surface area contributed by atoms with Crippen LogP contribution in [0.1, 0.15) is 24.5 Å². The van der Waals surface area contributed by atoms with Gasteiger partial charge in [0.15, 0.2) is 0 Å². The number of imide groups is 1. The second kappa shape index (κ2) is 6.02. The molecule has 8 heteroatoms. The molecule has 1 aromatic carbocycles. The number of nitrogens with zero attached hydrogens (tertiary/aromatic N) is 1. The van der Waals surface area contributed by atoms with Gasteiger partial charge in [-0.2, -0.15) is 0 Å². The maximum absolute atomic E-state index is 12.6. The van der Waals surface area contributed by atoms with Crippen LogP contribution in [0, 0.1) is 5.92 Å². The minimum Gasteiger partial charge on any atom is -0.334 e. The molecule has 3 rings (SSSR count). The first-order valence-electron chi connectivity index (χ1n) is 7.22. The summed E-state index contributed by atoms with van der Waals surface area (Å²) in [7, 11) is 0. The fraction of sp³-hybridized carbons (Fsp3) is 0.400. The van der Waals surface area contributed by atoms with Crippen molar-refractivity contribution in [2.24, 2.45) is 5.92 Å². The van der Waals surface area contributed by atoms with Crippen LogP contribution in [0.25, 0.3) is 0 Å². The fourth-order valence-corrected chi connectivity index (χ4v) is 3.31. The minimum atomic E-state index is -0.657. The molecule has 0 aromatic heterocycles. The Morgan fingerprint density at radius 2 is 1.83 bits per heavy atom. The van der Waals surface area contributed by atoms with Gasteiger partial charge in [-0.1, -0.05) is 30.1 Å². The Labute approximate surface area is 143 Å². The number of nitrogens with one attached hydrogen (secondary N) is 2. The highest BCUT2D eigenvalue weighted by Crippen LogP contribution is 2.32. The molecule has 0 radical (unpaired) electrons. The Morgan fingerprint density at radius 1 is 1.26 bits per heavy atom. The number of halogens is 2. The molecule has 23 heavy (non-hydrogen) atoms. The number of hydrogen-bond acceptors (Lipinski definition) is 3. The second-order valence-electron chi connectivity index (χ2n) is 5.88. The molecule has 2 N–H and O–H groups in total. The predicted molar refractivity (Wildman–Crippen MR) is 85.0 cm³/mol. The lowest BCUT2D eigenvalue weighted by molar-refractivity contribution is -0.136. The zero-order chi connectivity index (χ0) is 16.7. The number of carbonyl (C=O) groups is 3. The molecular formula is C15H15Cl2N3O3. The largest absolute Gasteiger partial charge is 0.334 e. The SMILES string of the molecule is CC(CC1NC(=O)NC1=O)C(=O)N1Cc2cc(Cl)c(Cl)cc2C1. The van der Waals surface area contributed by atoms with Crippen molar-refractivity contribution in [3.05, 3.63) is 33.3 Å². The highest BCUT2D eigenvalue weighted by Gasteiger charge is 2.34. The van der Waals surface area contributed by atoms with Gasteiger partial charge < -0.3 is 10.2 Å². The van der Waals surface area contributed by atoms with Gasteiger partial charge in [0.25, 0.3) is 5.91 Å². The van der Waals surface area contributed by atoms with Crippen molar-refractivity contribution in [1.29, 1.82) is 0 Å². The summed E-state index contributed by atoms with van der Waals surface area (Å²) in [6.45, 7) is 2.69.